The average molecular weight is 284 g/mol. The number of carbonyl (C=O) groups excluding carboxylic acids is 2. The number of ether oxygens (including phenoxy) is 1. The van der Waals surface area contributed by atoms with Crippen molar-refractivity contribution in [1.29, 1.82) is 0 Å². The summed E-state index contributed by atoms with van der Waals surface area (Å²) in [6, 6.07) is 6.37. The van der Waals surface area contributed by atoms with Crippen LogP contribution in [-0.2, 0) is 0 Å². The smallest absolute Gasteiger partial charge is 0.410 e. The Labute approximate surface area is 118 Å². The first kappa shape index (κ1) is 15.5. The lowest BCUT2D eigenvalue weighted by Gasteiger charge is -2.06. The molecular weight excluding hydrogens is 266 g/mol. The van der Waals surface area contributed by atoms with Crippen LogP contribution in [0.5, 0.6) is 5.75 Å². The van der Waals surface area contributed by atoms with Gasteiger partial charge >= 0.3 is 6.09 Å². The number of benzene rings is 1. The quantitative estimate of drug-likeness (QED) is 0.452. The number of hydrogen-bond acceptors (Lipinski definition) is 3. The molecule has 0 heterocycles. The van der Waals surface area contributed by atoms with Crippen molar-refractivity contribution in [2.24, 2.45) is 0 Å². The summed E-state index contributed by atoms with van der Waals surface area (Å²) in [4.78, 5) is 21.9. The summed E-state index contributed by atoms with van der Waals surface area (Å²) in [6.45, 7) is 0.591. The van der Waals surface area contributed by atoms with Gasteiger partial charge in [0, 0.05) is 18.0 Å². The maximum atomic E-state index is 11.4. The molecule has 1 aromatic carbocycles. The van der Waals surface area contributed by atoms with Crippen molar-refractivity contribution >= 4 is 24.0 Å². The molecule has 0 aromatic heterocycles. The molecule has 0 aliphatic carbocycles. The number of alkyl halides is 1. The minimum Gasteiger partial charge on any atom is -0.410 e. The Kier molecular flexibility index (Phi) is 7.66. The van der Waals surface area contributed by atoms with Crippen molar-refractivity contribution in [3.63, 3.8) is 0 Å². The van der Waals surface area contributed by atoms with E-state index >= 15 is 0 Å². The predicted molar refractivity (Wildman–Crippen MR) is 75.0 cm³/mol. The molecule has 0 unspecified atom stereocenters. The molecule has 1 aromatic rings. The van der Waals surface area contributed by atoms with E-state index in [0.717, 1.165) is 32.0 Å². The van der Waals surface area contributed by atoms with Crippen LogP contribution < -0.4 is 10.1 Å². The average Bonchev–Trinajstić information content (AvgIpc) is 2.43. The summed E-state index contributed by atoms with van der Waals surface area (Å²) in [7, 11) is 0. The fourth-order valence-corrected chi connectivity index (χ4v) is 1.71. The Balaban J connectivity index is 2.17. The second-order valence-electron chi connectivity index (χ2n) is 4.11. The Morgan fingerprint density at radius 1 is 1.16 bits per heavy atom. The number of aldehydes is 1. The highest BCUT2D eigenvalue weighted by Gasteiger charge is 2.03. The van der Waals surface area contributed by atoms with Gasteiger partial charge in [0.1, 0.15) is 12.0 Å². The van der Waals surface area contributed by atoms with Gasteiger partial charge in [0.05, 0.1) is 0 Å². The number of amides is 1. The van der Waals surface area contributed by atoms with E-state index in [1.54, 1.807) is 24.3 Å². The largest absolute Gasteiger partial charge is 0.412 e. The van der Waals surface area contributed by atoms with Gasteiger partial charge in [-0.3, -0.25) is 4.79 Å². The van der Waals surface area contributed by atoms with E-state index in [1.807, 2.05) is 0 Å². The summed E-state index contributed by atoms with van der Waals surface area (Å²) >= 11 is 5.57. The van der Waals surface area contributed by atoms with Gasteiger partial charge in [0.15, 0.2) is 0 Å². The zero-order valence-electron chi connectivity index (χ0n) is 10.7. The minimum atomic E-state index is -0.476. The summed E-state index contributed by atoms with van der Waals surface area (Å²) in [5, 5.41) is 2.67. The Bertz CT molecular complexity index is 392. The molecule has 0 saturated heterocycles. The fourth-order valence-electron chi connectivity index (χ4n) is 1.52. The molecule has 1 rings (SSSR count). The molecule has 0 atom stereocenters. The molecule has 4 nitrogen and oxygen atoms in total. The number of hydrogen-bond donors (Lipinski definition) is 1. The fraction of sp³-hybridized carbons (Fsp3) is 0.429. The van der Waals surface area contributed by atoms with Crippen LogP contribution in [0.15, 0.2) is 24.3 Å². The zero-order chi connectivity index (χ0) is 13.9. The standard InChI is InChI=1S/C14H18ClNO3/c15-9-3-1-2-4-10-16-14(18)19-13-7-5-12(11-17)6-8-13/h5-8,11H,1-4,9-10H2,(H,16,18). The highest BCUT2D eigenvalue weighted by molar-refractivity contribution is 6.17. The van der Waals surface area contributed by atoms with E-state index in [1.165, 1.54) is 0 Å². The van der Waals surface area contributed by atoms with E-state index in [-0.39, 0.29) is 0 Å². The third-order valence-electron chi connectivity index (χ3n) is 2.56. The number of nitrogens with one attached hydrogen (secondary N) is 1. The van der Waals surface area contributed by atoms with Crippen molar-refractivity contribution in [3.05, 3.63) is 29.8 Å². The monoisotopic (exact) mass is 283 g/mol. The Morgan fingerprint density at radius 3 is 2.47 bits per heavy atom. The van der Waals surface area contributed by atoms with Gasteiger partial charge in [0.25, 0.3) is 0 Å². The van der Waals surface area contributed by atoms with Crippen LogP contribution in [-0.4, -0.2) is 24.8 Å². The van der Waals surface area contributed by atoms with Crippen molar-refractivity contribution in [3.8, 4) is 5.75 Å². The predicted octanol–water partition coefficient (Wildman–Crippen LogP) is 3.39. The molecule has 0 bridgehead atoms. The molecule has 0 radical (unpaired) electrons. The molecule has 0 saturated carbocycles. The van der Waals surface area contributed by atoms with E-state index < -0.39 is 6.09 Å². The SMILES string of the molecule is O=Cc1ccc(OC(=O)NCCCCCCCl)cc1. The Morgan fingerprint density at radius 2 is 1.84 bits per heavy atom. The van der Waals surface area contributed by atoms with E-state index in [4.69, 9.17) is 16.3 Å². The molecule has 0 spiro atoms. The first-order chi connectivity index (χ1) is 9.26. The van der Waals surface area contributed by atoms with E-state index in [0.29, 0.717) is 23.7 Å². The van der Waals surface area contributed by atoms with Crippen LogP contribution in [0.1, 0.15) is 36.0 Å². The molecule has 0 aliphatic heterocycles. The molecule has 5 heteroatoms. The maximum Gasteiger partial charge on any atom is 0.412 e. The minimum absolute atomic E-state index is 0.422. The second kappa shape index (κ2) is 9.39. The normalized spacial score (nSPS) is 9.95. The second-order valence-corrected chi connectivity index (χ2v) is 4.48. The van der Waals surface area contributed by atoms with Gasteiger partial charge < -0.3 is 10.1 Å². The summed E-state index contributed by atoms with van der Waals surface area (Å²) in [5.74, 6) is 1.11. The number of carbonyl (C=O) groups is 2. The number of rotatable bonds is 8. The van der Waals surface area contributed by atoms with Crippen LogP contribution >= 0.6 is 11.6 Å². The van der Waals surface area contributed by atoms with Crippen molar-refractivity contribution < 1.29 is 14.3 Å². The molecule has 0 aliphatic rings. The van der Waals surface area contributed by atoms with Crippen molar-refractivity contribution in [1.82, 2.24) is 5.32 Å². The molecule has 19 heavy (non-hydrogen) atoms. The van der Waals surface area contributed by atoms with Crippen LogP contribution in [0.25, 0.3) is 0 Å². The third kappa shape index (κ3) is 6.82. The summed E-state index contributed by atoms with van der Waals surface area (Å²) < 4.78 is 5.05. The van der Waals surface area contributed by atoms with Gasteiger partial charge in [-0.15, -0.1) is 11.6 Å². The molecule has 104 valence electrons. The topological polar surface area (TPSA) is 55.4 Å². The molecule has 0 fully saturated rings. The van der Waals surface area contributed by atoms with E-state index in [9.17, 15) is 9.59 Å². The number of halogens is 1. The van der Waals surface area contributed by atoms with Crippen LogP contribution in [0.3, 0.4) is 0 Å². The van der Waals surface area contributed by atoms with Crippen LogP contribution in [0.4, 0.5) is 4.79 Å². The maximum absolute atomic E-state index is 11.4. The number of unbranched alkanes of at least 4 members (excludes halogenated alkanes) is 3. The zero-order valence-corrected chi connectivity index (χ0v) is 11.5. The van der Waals surface area contributed by atoms with Crippen molar-refractivity contribution in [2.75, 3.05) is 12.4 Å². The molecular formula is C14H18ClNO3. The first-order valence-corrected chi connectivity index (χ1v) is 6.86. The molecule has 1 N–H and O–H groups in total. The van der Waals surface area contributed by atoms with E-state index in [2.05, 4.69) is 5.32 Å². The first-order valence-electron chi connectivity index (χ1n) is 6.33. The Hall–Kier alpha value is -1.55. The van der Waals surface area contributed by atoms with Crippen molar-refractivity contribution in [2.45, 2.75) is 25.7 Å². The highest BCUT2D eigenvalue weighted by atomic mass is 35.5. The van der Waals surface area contributed by atoms with Gasteiger partial charge in [-0.25, -0.2) is 4.79 Å². The third-order valence-corrected chi connectivity index (χ3v) is 2.82. The van der Waals surface area contributed by atoms with Gasteiger partial charge in [0.2, 0.25) is 0 Å². The van der Waals surface area contributed by atoms with Crippen LogP contribution in [0.2, 0.25) is 0 Å². The molecule has 1 amide bonds. The lowest BCUT2D eigenvalue weighted by atomic mass is 10.2. The summed E-state index contributed by atoms with van der Waals surface area (Å²) in [5.41, 5.74) is 0.548. The van der Waals surface area contributed by atoms with Gasteiger partial charge in [-0.05, 0) is 37.1 Å². The summed E-state index contributed by atoms with van der Waals surface area (Å²) in [6.07, 6.45) is 4.31. The lowest BCUT2D eigenvalue weighted by molar-refractivity contribution is 0.112. The van der Waals surface area contributed by atoms with Gasteiger partial charge in [-0.2, -0.15) is 0 Å². The van der Waals surface area contributed by atoms with Crippen LogP contribution in [0, 0.1) is 0 Å². The highest BCUT2D eigenvalue weighted by Crippen LogP contribution is 2.11. The van der Waals surface area contributed by atoms with Gasteiger partial charge in [-0.1, -0.05) is 12.8 Å². The lowest BCUT2D eigenvalue weighted by Crippen LogP contribution is -2.27.